The zero-order valence-electron chi connectivity index (χ0n) is 16.0. The van der Waals surface area contributed by atoms with Crippen LogP contribution in [0.1, 0.15) is 27.2 Å². The fourth-order valence-electron chi connectivity index (χ4n) is 3.73. The molecular formula is C23H25N3O. The molecule has 0 aliphatic carbocycles. The molecule has 1 aliphatic rings. The van der Waals surface area contributed by atoms with Gasteiger partial charge in [0.05, 0.1) is 16.8 Å². The van der Waals surface area contributed by atoms with Crippen molar-refractivity contribution in [3.63, 3.8) is 0 Å². The molecule has 1 saturated heterocycles. The van der Waals surface area contributed by atoms with Crippen molar-refractivity contribution in [1.29, 1.82) is 0 Å². The predicted octanol–water partition coefficient (Wildman–Crippen LogP) is 3.81. The van der Waals surface area contributed by atoms with Gasteiger partial charge in [0.25, 0.3) is 5.91 Å². The number of carbonyl (C=O) groups is 1. The largest absolute Gasteiger partial charge is 0.336 e. The molecule has 1 aliphatic heterocycles. The van der Waals surface area contributed by atoms with Gasteiger partial charge in [-0.1, -0.05) is 42.0 Å². The lowest BCUT2D eigenvalue weighted by Crippen LogP contribution is -2.48. The Balaban J connectivity index is 1.46. The maximum absolute atomic E-state index is 13.1. The number of carbonyl (C=O) groups excluding carboxylic acids is 1. The van der Waals surface area contributed by atoms with E-state index in [0.717, 1.165) is 54.9 Å². The highest BCUT2D eigenvalue weighted by atomic mass is 16.2. The molecule has 0 radical (unpaired) electrons. The first-order valence-corrected chi connectivity index (χ1v) is 9.54. The molecule has 0 bridgehead atoms. The second kappa shape index (κ2) is 7.49. The Morgan fingerprint density at radius 2 is 1.70 bits per heavy atom. The number of hydrogen-bond acceptors (Lipinski definition) is 3. The first kappa shape index (κ1) is 17.7. The van der Waals surface area contributed by atoms with Crippen LogP contribution in [0.2, 0.25) is 0 Å². The van der Waals surface area contributed by atoms with E-state index in [2.05, 4.69) is 53.2 Å². The molecule has 2 aromatic carbocycles. The molecule has 0 N–H and O–H groups in total. The van der Waals surface area contributed by atoms with E-state index in [0.29, 0.717) is 0 Å². The van der Waals surface area contributed by atoms with Crippen molar-refractivity contribution < 1.29 is 4.79 Å². The van der Waals surface area contributed by atoms with Crippen LogP contribution < -0.4 is 0 Å². The molecule has 138 valence electrons. The lowest BCUT2D eigenvalue weighted by Gasteiger charge is -2.35. The number of benzene rings is 2. The zero-order valence-corrected chi connectivity index (χ0v) is 16.0. The highest BCUT2D eigenvalue weighted by Crippen LogP contribution is 2.20. The molecule has 0 atom stereocenters. The third-order valence-corrected chi connectivity index (χ3v) is 5.30. The minimum atomic E-state index is 0.0998. The molecule has 0 spiro atoms. The number of rotatable bonds is 3. The van der Waals surface area contributed by atoms with Gasteiger partial charge in [0.2, 0.25) is 0 Å². The summed E-state index contributed by atoms with van der Waals surface area (Å²) >= 11 is 0. The summed E-state index contributed by atoms with van der Waals surface area (Å²) < 4.78 is 0. The monoisotopic (exact) mass is 359 g/mol. The van der Waals surface area contributed by atoms with Crippen molar-refractivity contribution in [2.45, 2.75) is 20.4 Å². The second-order valence-electron chi connectivity index (χ2n) is 7.37. The molecule has 1 fully saturated rings. The lowest BCUT2D eigenvalue weighted by atomic mass is 10.1. The Hall–Kier alpha value is -2.72. The molecule has 27 heavy (non-hydrogen) atoms. The van der Waals surface area contributed by atoms with E-state index in [4.69, 9.17) is 0 Å². The minimum Gasteiger partial charge on any atom is -0.336 e. The minimum absolute atomic E-state index is 0.0998. The standard InChI is InChI=1S/C23H25N3O/c1-17-8-9-22-20(14-17)15-21(18(2)24-22)23(27)26-12-10-25(11-13-26)16-19-6-4-3-5-7-19/h3-9,14-15H,10-13,16H2,1-2H3. The summed E-state index contributed by atoms with van der Waals surface area (Å²) in [7, 11) is 0. The summed E-state index contributed by atoms with van der Waals surface area (Å²) in [5.41, 5.74) is 4.98. The summed E-state index contributed by atoms with van der Waals surface area (Å²) in [6.45, 7) is 8.26. The van der Waals surface area contributed by atoms with Crippen LogP contribution >= 0.6 is 0 Å². The summed E-state index contributed by atoms with van der Waals surface area (Å²) in [4.78, 5) is 22.1. The fourth-order valence-corrected chi connectivity index (χ4v) is 3.73. The molecule has 2 heterocycles. The zero-order chi connectivity index (χ0) is 18.8. The van der Waals surface area contributed by atoms with Gasteiger partial charge in [0.1, 0.15) is 0 Å². The van der Waals surface area contributed by atoms with Gasteiger partial charge in [0, 0.05) is 38.1 Å². The Labute approximate surface area is 160 Å². The average Bonchev–Trinajstić information content (AvgIpc) is 2.69. The predicted molar refractivity (Wildman–Crippen MR) is 109 cm³/mol. The number of piperazine rings is 1. The van der Waals surface area contributed by atoms with Crippen molar-refractivity contribution in [3.05, 3.63) is 77.0 Å². The summed E-state index contributed by atoms with van der Waals surface area (Å²) in [5.74, 6) is 0.0998. The smallest absolute Gasteiger partial charge is 0.255 e. The van der Waals surface area contributed by atoms with Crippen LogP contribution in [0.3, 0.4) is 0 Å². The van der Waals surface area contributed by atoms with Crippen LogP contribution in [0.5, 0.6) is 0 Å². The SMILES string of the molecule is Cc1ccc2nc(C)c(C(=O)N3CCN(Cc4ccccc4)CC3)cc2c1. The van der Waals surface area contributed by atoms with E-state index in [1.807, 2.05) is 30.0 Å². The highest BCUT2D eigenvalue weighted by Gasteiger charge is 2.24. The Morgan fingerprint density at radius 3 is 2.44 bits per heavy atom. The maximum Gasteiger partial charge on any atom is 0.255 e. The number of amides is 1. The van der Waals surface area contributed by atoms with Crippen molar-refractivity contribution >= 4 is 16.8 Å². The molecule has 4 rings (SSSR count). The highest BCUT2D eigenvalue weighted by molar-refractivity contribution is 5.98. The van der Waals surface area contributed by atoms with Gasteiger partial charge in [-0.3, -0.25) is 14.7 Å². The molecule has 0 saturated carbocycles. The third-order valence-electron chi connectivity index (χ3n) is 5.30. The molecular weight excluding hydrogens is 334 g/mol. The lowest BCUT2D eigenvalue weighted by molar-refractivity contribution is 0.0627. The van der Waals surface area contributed by atoms with E-state index >= 15 is 0 Å². The van der Waals surface area contributed by atoms with Gasteiger partial charge >= 0.3 is 0 Å². The molecule has 1 aromatic heterocycles. The van der Waals surface area contributed by atoms with Gasteiger partial charge in [-0.15, -0.1) is 0 Å². The second-order valence-corrected chi connectivity index (χ2v) is 7.37. The fraction of sp³-hybridized carbons (Fsp3) is 0.304. The molecule has 0 unspecified atom stereocenters. The number of hydrogen-bond donors (Lipinski definition) is 0. The summed E-state index contributed by atoms with van der Waals surface area (Å²) in [6.07, 6.45) is 0. The molecule has 4 heteroatoms. The molecule has 3 aromatic rings. The third kappa shape index (κ3) is 3.86. The van der Waals surface area contributed by atoms with Gasteiger partial charge in [-0.2, -0.15) is 0 Å². The van der Waals surface area contributed by atoms with Gasteiger partial charge < -0.3 is 4.90 Å². The van der Waals surface area contributed by atoms with Gasteiger partial charge in [-0.25, -0.2) is 0 Å². The summed E-state index contributed by atoms with van der Waals surface area (Å²) in [5, 5.41) is 1.03. The van der Waals surface area contributed by atoms with E-state index < -0.39 is 0 Å². The van der Waals surface area contributed by atoms with Crippen molar-refractivity contribution in [3.8, 4) is 0 Å². The molecule has 4 nitrogen and oxygen atoms in total. The van der Waals surface area contributed by atoms with Gasteiger partial charge in [-0.05, 0) is 37.6 Å². The Morgan fingerprint density at radius 1 is 0.963 bits per heavy atom. The average molecular weight is 359 g/mol. The van der Waals surface area contributed by atoms with E-state index in [1.165, 1.54) is 11.1 Å². The molecule has 1 amide bonds. The van der Waals surface area contributed by atoms with E-state index in [9.17, 15) is 4.79 Å². The first-order chi connectivity index (χ1) is 13.1. The van der Waals surface area contributed by atoms with Crippen LogP contribution in [-0.2, 0) is 6.54 Å². The number of aryl methyl sites for hydroxylation is 2. The van der Waals surface area contributed by atoms with Crippen LogP contribution in [-0.4, -0.2) is 46.9 Å². The van der Waals surface area contributed by atoms with E-state index in [-0.39, 0.29) is 5.91 Å². The number of pyridine rings is 1. The van der Waals surface area contributed by atoms with Crippen LogP contribution in [0, 0.1) is 13.8 Å². The van der Waals surface area contributed by atoms with Crippen molar-refractivity contribution in [1.82, 2.24) is 14.8 Å². The normalized spacial score (nSPS) is 15.3. The quantitative estimate of drug-likeness (QED) is 0.713. The van der Waals surface area contributed by atoms with Crippen LogP contribution in [0.4, 0.5) is 0 Å². The Bertz CT molecular complexity index is 960. The Kier molecular flexibility index (Phi) is 4.90. The number of fused-ring (bicyclic) bond motifs is 1. The van der Waals surface area contributed by atoms with Crippen molar-refractivity contribution in [2.75, 3.05) is 26.2 Å². The maximum atomic E-state index is 13.1. The topological polar surface area (TPSA) is 36.4 Å². The first-order valence-electron chi connectivity index (χ1n) is 9.54. The van der Waals surface area contributed by atoms with E-state index in [1.54, 1.807) is 0 Å². The number of aromatic nitrogens is 1. The van der Waals surface area contributed by atoms with Crippen LogP contribution in [0.25, 0.3) is 10.9 Å². The van der Waals surface area contributed by atoms with Crippen molar-refractivity contribution in [2.24, 2.45) is 0 Å². The summed E-state index contributed by atoms with van der Waals surface area (Å²) in [6, 6.07) is 18.7. The van der Waals surface area contributed by atoms with Crippen LogP contribution in [0.15, 0.2) is 54.6 Å². The number of nitrogens with zero attached hydrogens (tertiary/aromatic N) is 3. The van der Waals surface area contributed by atoms with Gasteiger partial charge in [0.15, 0.2) is 0 Å².